The van der Waals surface area contributed by atoms with Crippen LogP contribution >= 0.6 is 0 Å². The molecule has 7 nitrogen and oxygen atoms in total. The number of aromatic nitrogens is 1. The summed E-state index contributed by atoms with van der Waals surface area (Å²) in [5.74, 6) is -2.09. The Morgan fingerprint density at radius 1 is 0.935 bits per heavy atom. The van der Waals surface area contributed by atoms with E-state index >= 15 is 0 Å². The molecule has 0 aliphatic rings. The molecule has 1 aromatic heterocycles. The van der Waals surface area contributed by atoms with Crippen LogP contribution in [0.25, 0.3) is 10.9 Å². The third kappa shape index (κ3) is 6.08. The number of primary amides is 1. The van der Waals surface area contributed by atoms with E-state index in [1.807, 2.05) is 30.3 Å². The number of halogens is 1. The Hall–Kier alpha value is -3.81. The Morgan fingerprint density at radius 3 is 2.32 bits per heavy atom. The largest absolute Gasteiger partial charge is 0.368 e. The number of hydrogen-bond donors (Lipinski definition) is 3. The van der Waals surface area contributed by atoms with Gasteiger partial charge in [0.1, 0.15) is 17.9 Å². The van der Waals surface area contributed by atoms with Crippen LogP contribution < -0.4 is 16.4 Å². The average Bonchev–Trinajstić information content (AvgIpc) is 2.73. The quantitative estimate of drug-likeness (QED) is 0.512. The highest BCUT2D eigenvalue weighted by Gasteiger charge is 2.26. The lowest BCUT2D eigenvalue weighted by Crippen LogP contribution is -2.54. The van der Waals surface area contributed by atoms with Crippen molar-refractivity contribution in [2.45, 2.75) is 31.8 Å². The molecule has 0 saturated carbocycles. The van der Waals surface area contributed by atoms with E-state index in [1.165, 1.54) is 31.2 Å². The summed E-state index contributed by atoms with van der Waals surface area (Å²) in [6.07, 6.45) is 0.237. The van der Waals surface area contributed by atoms with E-state index in [1.54, 1.807) is 6.07 Å². The van der Waals surface area contributed by atoms with Crippen molar-refractivity contribution in [2.24, 2.45) is 5.73 Å². The van der Waals surface area contributed by atoms with Gasteiger partial charge in [-0.1, -0.05) is 36.4 Å². The van der Waals surface area contributed by atoms with Crippen LogP contribution in [0.4, 0.5) is 4.39 Å². The third-order valence-electron chi connectivity index (χ3n) is 4.78. The van der Waals surface area contributed by atoms with E-state index in [-0.39, 0.29) is 12.8 Å². The number of nitrogens with two attached hydrogens (primary N) is 1. The van der Waals surface area contributed by atoms with Crippen LogP contribution in [-0.2, 0) is 27.2 Å². The van der Waals surface area contributed by atoms with E-state index in [0.717, 1.165) is 10.9 Å². The van der Waals surface area contributed by atoms with Crippen molar-refractivity contribution in [3.8, 4) is 0 Å². The highest BCUT2D eigenvalue weighted by molar-refractivity contribution is 5.91. The summed E-state index contributed by atoms with van der Waals surface area (Å²) < 4.78 is 13.2. The van der Waals surface area contributed by atoms with Gasteiger partial charge in [0, 0.05) is 30.8 Å². The molecule has 0 unspecified atom stereocenters. The number of pyridine rings is 1. The monoisotopic (exact) mass is 422 g/mol. The first-order chi connectivity index (χ1) is 14.8. The number of hydrogen-bond acceptors (Lipinski definition) is 4. The molecule has 0 spiro atoms. The number of amides is 3. The molecule has 3 amide bonds. The molecule has 8 heteroatoms. The zero-order valence-electron chi connectivity index (χ0n) is 17.0. The number of fused-ring (bicyclic) bond motifs is 1. The highest BCUT2D eigenvalue weighted by atomic mass is 19.1. The van der Waals surface area contributed by atoms with Gasteiger partial charge in [-0.05, 0) is 29.8 Å². The fourth-order valence-corrected chi connectivity index (χ4v) is 3.24. The lowest BCUT2D eigenvalue weighted by molar-refractivity contribution is -0.130. The number of nitrogens with zero attached hydrogens (tertiary/aromatic N) is 1. The van der Waals surface area contributed by atoms with E-state index < -0.39 is 35.6 Å². The second-order valence-electron chi connectivity index (χ2n) is 7.25. The number of benzene rings is 2. The van der Waals surface area contributed by atoms with Crippen molar-refractivity contribution in [1.29, 1.82) is 0 Å². The number of carbonyl (C=O) groups is 3. The van der Waals surface area contributed by atoms with Gasteiger partial charge in [-0.25, -0.2) is 4.39 Å². The lowest BCUT2D eigenvalue weighted by Gasteiger charge is -2.21. The van der Waals surface area contributed by atoms with Crippen molar-refractivity contribution >= 4 is 28.6 Å². The number of carbonyl (C=O) groups excluding carboxylic acids is 3. The molecule has 2 aromatic carbocycles. The Kier molecular flexibility index (Phi) is 6.92. The van der Waals surface area contributed by atoms with Crippen LogP contribution in [0.5, 0.6) is 0 Å². The minimum Gasteiger partial charge on any atom is -0.368 e. The van der Waals surface area contributed by atoms with Crippen LogP contribution in [0.2, 0.25) is 0 Å². The molecule has 31 heavy (non-hydrogen) atoms. The maximum Gasteiger partial charge on any atom is 0.243 e. The molecular formula is C23H23FN4O3. The first kappa shape index (κ1) is 21.9. The summed E-state index contributed by atoms with van der Waals surface area (Å²) in [6, 6.07) is 14.8. The van der Waals surface area contributed by atoms with Gasteiger partial charge in [-0.15, -0.1) is 0 Å². The Balaban J connectivity index is 1.74. The second kappa shape index (κ2) is 9.80. The lowest BCUT2D eigenvalue weighted by atomic mass is 10.0. The molecule has 0 radical (unpaired) electrons. The Morgan fingerprint density at radius 2 is 1.65 bits per heavy atom. The molecule has 160 valence electrons. The van der Waals surface area contributed by atoms with Gasteiger partial charge in [0.05, 0.1) is 5.52 Å². The highest BCUT2D eigenvalue weighted by Crippen LogP contribution is 2.13. The van der Waals surface area contributed by atoms with Crippen LogP contribution in [0.1, 0.15) is 18.2 Å². The number of para-hydroxylation sites is 1. The standard InChI is InChI=1S/C23H23FN4O3/c1-14(29)26-21(12-15-6-9-17(24)10-7-15)23(31)28-20(22(25)30)13-18-11-8-16-4-2-3-5-19(16)27-18/h2-11,20-21H,12-13H2,1H3,(H2,25,30)(H,26,29)(H,28,31)/t20-,21+/m0/s1. The minimum absolute atomic E-state index is 0.106. The van der Waals surface area contributed by atoms with Crippen molar-refractivity contribution < 1.29 is 18.8 Å². The Labute approximate surface area is 178 Å². The molecule has 3 aromatic rings. The first-order valence-corrected chi connectivity index (χ1v) is 9.77. The van der Waals surface area contributed by atoms with Gasteiger partial charge in [-0.2, -0.15) is 0 Å². The maximum atomic E-state index is 13.2. The molecule has 3 rings (SSSR count). The zero-order chi connectivity index (χ0) is 22.4. The number of rotatable bonds is 8. The average molecular weight is 422 g/mol. The number of nitrogens with one attached hydrogen (secondary N) is 2. The van der Waals surface area contributed by atoms with Gasteiger partial charge >= 0.3 is 0 Å². The molecule has 2 atom stereocenters. The molecule has 0 fully saturated rings. The van der Waals surface area contributed by atoms with Crippen molar-refractivity contribution in [2.75, 3.05) is 0 Å². The molecule has 0 saturated heterocycles. The summed E-state index contributed by atoms with van der Waals surface area (Å²) in [7, 11) is 0. The van der Waals surface area contributed by atoms with Crippen LogP contribution in [0.3, 0.4) is 0 Å². The molecule has 0 aliphatic heterocycles. The summed E-state index contributed by atoms with van der Waals surface area (Å²) >= 11 is 0. The maximum absolute atomic E-state index is 13.2. The third-order valence-corrected chi connectivity index (χ3v) is 4.78. The SMILES string of the molecule is CC(=O)N[C@H](Cc1ccc(F)cc1)C(=O)N[C@@H](Cc1ccc2ccccc2n1)C(N)=O. The summed E-state index contributed by atoms with van der Waals surface area (Å²) in [6.45, 7) is 1.29. The minimum atomic E-state index is -1.01. The molecule has 0 aliphatic carbocycles. The van der Waals surface area contributed by atoms with Crippen molar-refractivity contribution in [3.63, 3.8) is 0 Å². The van der Waals surface area contributed by atoms with Crippen LogP contribution in [0.15, 0.2) is 60.7 Å². The first-order valence-electron chi connectivity index (χ1n) is 9.77. The van der Waals surface area contributed by atoms with Gasteiger partial charge in [0.15, 0.2) is 0 Å². The summed E-state index contributed by atoms with van der Waals surface area (Å²) in [4.78, 5) is 40.9. The van der Waals surface area contributed by atoms with E-state index in [9.17, 15) is 18.8 Å². The van der Waals surface area contributed by atoms with Gasteiger partial charge in [0.2, 0.25) is 17.7 Å². The fourth-order valence-electron chi connectivity index (χ4n) is 3.24. The fraction of sp³-hybridized carbons (Fsp3) is 0.217. The van der Waals surface area contributed by atoms with Gasteiger partial charge < -0.3 is 16.4 Å². The Bertz CT molecular complexity index is 1100. The van der Waals surface area contributed by atoms with Gasteiger partial charge in [-0.3, -0.25) is 19.4 Å². The zero-order valence-corrected chi connectivity index (χ0v) is 17.0. The van der Waals surface area contributed by atoms with Crippen LogP contribution in [0, 0.1) is 5.82 Å². The topological polar surface area (TPSA) is 114 Å². The summed E-state index contributed by atoms with van der Waals surface area (Å²) in [5, 5.41) is 6.13. The molecule has 0 bridgehead atoms. The van der Waals surface area contributed by atoms with E-state index in [4.69, 9.17) is 5.73 Å². The van der Waals surface area contributed by atoms with Gasteiger partial charge in [0.25, 0.3) is 0 Å². The molecule has 1 heterocycles. The van der Waals surface area contributed by atoms with Crippen LogP contribution in [-0.4, -0.2) is 34.8 Å². The second-order valence-corrected chi connectivity index (χ2v) is 7.25. The molecule has 4 N–H and O–H groups in total. The van der Waals surface area contributed by atoms with E-state index in [0.29, 0.717) is 11.3 Å². The predicted molar refractivity (Wildman–Crippen MR) is 114 cm³/mol. The van der Waals surface area contributed by atoms with E-state index in [2.05, 4.69) is 15.6 Å². The van der Waals surface area contributed by atoms with Crippen molar-refractivity contribution in [3.05, 3.63) is 77.7 Å². The normalized spacial score (nSPS) is 12.7. The predicted octanol–water partition coefficient (Wildman–Crippen LogP) is 1.63. The summed E-state index contributed by atoms with van der Waals surface area (Å²) in [5.41, 5.74) is 7.52. The molecular weight excluding hydrogens is 399 g/mol. The smallest absolute Gasteiger partial charge is 0.243 e. The van der Waals surface area contributed by atoms with Crippen molar-refractivity contribution in [1.82, 2.24) is 15.6 Å².